The molecule has 0 radical (unpaired) electrons. The number of amides is 1. The van der Waals surface area contributed by atoms with Gasteiger partial charge in [-0.2, -0.15) is 0 Å². The van der Waals surface area contributed by atoms with E-state index in [1.54, 1.807) is 12.1 Å². The van der Waals surface area contributed by atoms with E-state index in [1.165, 1.54) is 0 Å². The van der Waals surface area contributed by atoms with Gasteiger partial charge in [-0.1, -0.05) is 24.3 Å². The Morgan fingerprint density at radius 2 is 1.62 bits per heavy atom. The van der Waals surface area contributed by atoms with Gasteiger partial charge in [-0.25, -0.2) is 13.2 Å². The van der Waals surface area contributed by atoms with Gasteiger partial charge in [0.2, 0.25) is 0 Å². The monoisotopic (exact) mass is 294 g/mol. The number of halogens is 3. The maximum atomic E-state index is 13.1. The maximum Gasteiger partial charge on any atom is 0.251 e. The highest BCUT2D eigenvalue weighted by atomic mass is 19.2. The van der Waals surface area contributed by atoms with Crippen LogP contribution in [0.15, 0.2) is 36.4 Å². The van der Waals surface area contributed by atoms with Crippen molar-refractivity contribution < 1.29 is 18.0 Å². The summed E-state index contributed by atoms with van der Waals surface area (Å²) >= 11 is 0. The Balaban J connectivity index is 2.12. The van der Waals surface area contributed by atoms with Crippen molar-refractivity contribution in [2.45, 2.75) is 13.1 Å². The summed E-state index contributed by atoms with van der Waals surface area (Å²) in [4.78, 5) is 11.8. The summed E-state index contributed by atoms with van der Waals surface area (Å²) < 4.78 is 39.0. The standard InChI is InChI=1S/C15H13F3N2O/c16-12-5-11(6-13(17)14(12)18)15(21)20-8-10-4-2-1-3-9(10)7-19/h1-6H,7-8,19H2,(H,20,21). The molecule has 0 atom stereocenters. The van der Waals surface area contributed by atoms with Crippen LogP contribution in [0.3, 0.4) is 0 Å². The molecule has 0 spiro atoms. The Morgan fingerprint density at radius 1 is 1.05 bits per heavy atom. The summed E-state index contributed by atoms with van der Waals surface area (Å²) in [5.41, 5.74) is 6.95. The first-order valence-corrected chi connectivity index (χ1v) is 6.22. The van der Waals surface area contributed by atoms with Crippen molar-refractivity contribution in [3.63, 3.8) is 0 Å². The molecule has 0 aliphatic heterocycles. The number of nitrogens with one attached hydrogen (secondary N) is 1. The van der Waals surface area contributed by atoms with Crippen molar-refractivity contribution in [2.75, 3.05) is 0 Å². The summed E-state index contributed by atoms with van der Waals surface area (Å²) in [5, 5.41) is 2.51. The topological polar surface area (TPSA) is 55.1 Å². The number of nitrogens with two attached hydrogens (primary N) is 1. The van der Waals surface area contributed by atoms with Crippen molar-refractivity contribution in [1.82, 2.24) is 5.32 Å². The van der Waals surface area contributed by atoms with E-state index in [9.17, 15) is 18.0 Å². The lowest BCUT2D eigenvalue weighted by molar-refractivity contribution is 0.0949. The molecular weight excluding hydrogens is 281 g/mol. The van der Waals surface area contributed by atoms with E-state index in [-0.39, 0.29) is 12.1 Å². The van der Waals surface area contributed by atoms with Gasteiger partial charge in [0.25, 0.3) is 5.91 Å². The van der Waals surface area contributed by atoms with Crippen LogP contribution < -0.4 is 11.1 Å². The van der Waals surface area contributed by atoms with E-state index >= 15 is 0 Å². The molecule has 0 aromatic heterocycles. The summed E-state index contributed by atoms with van der Waals surface area (Å²) in [6.45, 7) is 0.471. The predicted molar refractivity (Wildman–Crippen MR) is 71.8 cm³/mol. The number of hydrogen-bond donors (Lipinski definition) is 2. The third-order valence-electron chi connectivity index (χ3n) is 3.02. The van der Waals surface area contributed by atoms with E-state index in [4.69, 9.17) is 5.73 Å². The molecule has 3 N–H and O–H groups in total. The number of hydrogen-bond acceptors (Lipinski definition) is 2. The zero-order chi connectivity index (χ0) is 15.4. The molecule has 0 aliphatic carbocycles. The van der Waals surface area contributed by atoms with Crippen molar-refractivity contribution in [1.29, 1.82) is 0 Å². The number of rotatable bonds is 4. The van der Waals surface area contributed by atoms with Gasteiger partial charge in [-0.05, 0) is 23.3 Å². The highest BCUT2D eigenvalue weighted by molar-refractivity contribution is 5.94. The number of carbonyl (C=O) groups is 1. The summed E-state index contributed by atoms with van der Waals surface area (Å²) in [5.74, 6) is -5.09. The Kier molecular flexibility index (Phi) is 4.59. The normalized spacial score (nSPS) is 10.5. The molecule has 0 saturated heterocycles. The van der Waals surface area contributed by atoms with E-state index in [0.717, 1.165) is 11.1 Å². The maximum absolute atomic E-state index is 13.1. The van der Waals surface area contributed by atoms with Gasteiger partial charge in [0.15, 0.2) is 17.5 Å². The van der Waals surface area contributed by atoms with Gasteiger partial charge >= 0.3 is 0 Å². The van der Waals surface area contributed by atoms with Crippen LogP contribution in [0.5, 0.6) is 0 Å². The average Bonchev–Trinajstić information content (AvgIpc) is 2.49. The Bertz CT molecular complexity index is 651. The van der Waals surface area contributed by atoms with Gasteiger partial charge < -0.3 is 11.1 Å². The minimum absolute atomic E-state index is 0.160. The predicted octanol–water partition coefficient (Wildman–Crippen LogP) is 2.49. The zero-order valence-corrected chi connectivity index (χ0v) is 11.0. The molecule has 1 amide bonds. The Hall–Kier alpha value is -2.34. The molecule has 0 aliphatic rings. The summed E-state index contributed by atoms with van der Waals surface area (Å²) in [6.07, 6.45) is 0. The van der Waals surface area contributed by atoms with Crippen LogP contribution in [-0.4, -0.2) is 5.91 Å². The van der Waals surface area contributed by atoms with Crippen LogP contribution in [0.1, 0.15) is 21.5 Å². The van der Waals surface area contributed by atoms with Gasteiger partial charge in [-0.15, -0.1) is 0 Å². The van der Waals surface area contributed by atoms with Gasteiger partial charge in [-0.3, -0.25) is 4.79 Å². The SMILES string of the molecule is NCc1ccccc1CNC(=O)c1cc(F)c(F)c(F)c1. The van der Waals surface area contributed by atoms with E-state index in [2.05, 4.69) is 5.32 Å². The van der Waals surface area contributed by atoms with Crippen LogP contribution in [0, 0.1) is 17.5 Å². The molecule has 21 heavy (non-hydrogen) atoms. The molecule has 6 heteroatoms. The van der Waals surface area contributed by atoms with Crippen LogP contribution >= 0.6 is 0 Å². The highest BCUT2D eigenvalue weighted by Crippen LogP contribution is 2.14. The second-order valence-electron chi connectivity index (χ2n) is 4.41. The first-order chi connectivity index (χ1) is 10.0. The Morgan fingerprint density at radius 3 is 2.19 bits per heavy atom. The number of benzene rings is 2. The molecule has 0 unspecified atom stereocenters. The Labute approximate surface area is 119 Å². The van der Waals surface area contributed by atoms with Crippen LogP contribution in [0.25, 0.3) is 0 Å². The molecule has 0 fully saturated rings. The molecule has 3 nitrogen and oxygen atoms in total. The lowest BCUT2D eigenvalue weighted by Gasteiger charge is -2.09. The number of carbonyl (C=O) groups excluding carboxylic acids is 1. The second kappa shape index (κ2) is 6.41. The summed E-state index contributed by atoms with van der Waals surface area (Å²) in [7, 11) is 0. The summed E-state index contributed by atoms with van der Waals surface area (Å²) in [6, 6.07) is 8.52. The molecule has 0 saturated carbocycles. The minimum Gasteiger partial charge on any atom is -0.348 e. The molecule has 2 aromatic carbocycles. The third-order valence-corrected chi connectivity index (χ3v) is 3.02. The zero-order valence-electron chi connectivity index (χ0n) is 11.0. The van der Waals surface area contributed by atoms with E-state index in [0.29, 0.717) is 18.7 Å². The molecule has 0 bridgehead atoms. The molecular formula is C15H13F3N2O. The van der Waals surface area contributed by atoms with Gasteiger partial charge in [0, 0.05) is 18.7 Å². The van der Waals surface area contributed by atoms with Crippen molar-refractivity contribution in [3.8, 4) is 0 Å². The first kappa shape index (κ1) is 15.1. The average molecular weight is 294 g/mol. The smallest absolute Gasteiger partial charge is 0.251 e. The molecule has 110 valence electrons. The molecule has 2 aromatic rings. The largest absolute Gasteiger partial charge is 0.348 e. The fourth-order valence-electron chi connectivity index (χ4n) is 1.89. The fourth-order valence-corrected chi connectivity index (χ4v) is 1.89. The van der Waals surface area contributed by atoms with Crippen molar-refractivity contribution in [3.05, 3.63) is 70.5 Å². The lowest BCUT2D eigenvalue weighted by atomic mass is 10.1. The van der Waals surface area contributed by atoms with E-state index in [1.807, 2.05) is 12.1 Å². The van der Waals surface area contributed by atoms with Crippen LogP contribution in [0.2, 0.25) is 0 Å². The van der Waals surface area contributed by atoms with Crippen molar-refractivity contribution >= 4 is 5.91 Å². The van der Waals surface area contributed by atoms with Gasteiger partial charge in [0.1, 0.15) is 0 Å². The highest BCUT2D eigenvalue weighted by Gasteiger charge is 2.15. The molecule has 0 heterocycles. The van der Waals surface area contributed by atoms with Gasteiger partial charge in [0.05, 0.1) is 0 Å². The lowest BCUT2D eigenvalue weighted by Crippen LogP contribution is -2.24. The van der Waals surface area contributed by atoms with E-state index < -0.39 is 23.4 Å². The molecule has 2 rings (SSSR count). The third kappa shape index (κ3) is 3.41. The van der Waals surface area contributed by atoms with Crippen LogP contribution in [-0.2, 0) is 13.1 Å². The van der Waals surface area contributed by atoms with Crippen molar-refractivity contribution in [2.24, 2.45) is 5.73 Å². The van der Waals surface area contributed by atoms with Crippen LogP contribution in [0.4, 0.5) is 13.2 Å². The quantitative estimate of drug-likeness (QED) is 0.851. The minimum atomic E-state index is -1.60. The fraction of sp³-hybridized carbons (Fsp3) is 0.133. The first-order valence-electron chi connectivity index (χ1n) is 6.22. The second-order valence-corrected chi connectivity index (χ2v) is 4.41.